The van der Waals surface area contributed by atoms with Gasteiger partial charge in [-0.1, -0.05) is 24.3 Å². The second kappa shape index (κ2) is 5.13. The lowest BCUT2D eigenvalue weighted by molar-refractivity contribution is 0.0134. The molecule has 2 aromatic carbocycles. The molecule has 1 N–H and O–H groups in total. The number of fused-ring (bicyclic) bond motifs is 3. The van der Waals surface area contributed by atoms with Crippen LogP contribution < -0.4 is 10.1 Å². The summed E-state index contributed by atoms with van der Waals surface area (Å²) in [6, 6.07) is 12.9. The quantitative estimate of drug-likeness (QED) is 0.871. The molecule has 2 aliphatic heterocycles. The summed E-state index contributed by atoms with van der Waals surface area (Å²) in [7, 11) is 0. The van der Waals surface area contributed by atoms with E-state index in [0.29, 0.717) is 0 Å². The molecule has 0 amide bonds. The van der Waals surface area contributed by atoms with Crippen molar-refractivity contribution in [3.8, 4) is 16.9 Å². The summed E-state index contributed by atoms with van der Waals surface area (Å²) in [4.78, 5) is 2.33. The molecule has 108 valence electrons. The number of piperazine rings is 1. The van der Waals surface area contributed by atoms with Crippen molar-refractivity contribution in [1.29, 1.82) is 0 Å². The van der Waals surface area contributed by atoms with E-state index in [4.69, 9.17) is 4.74 Å². The summed E-state index contributed by atoms with van der Waals surface area (Å²) in [5.74, 6) is 0.534. The first-order valence-electron chi connectivity index (χ1n) is 7.33. The van der Waals surface area contributed by atoms with Crippen molar-refractivity contribution in [3.05, 3.63) is 53.8 Å². The van der Waals surface area contributed by atoms with E-state index < -0.39 is 0 Å². The van der Waals surface area contributed by atoms with Gasteiger partial charge in [-0.05, 0) is 23.8 Å². The number of hydrogen-bond acceptors (Lipinski definition) is 3. The lowest BCUT2D eigenvalue weighted by atomic mass is 9.94. The number of benzene rings is 2. The second-order valence-corrected chi connectivity index (χ2v) is 5.48. The molecule has 0 radical (unpaired) electrons. The van der Waals surface area contributed by atoms with Crippen LogP contribution in [-0.4, -0.2) is 31.1 Å². The monoisotopic (exact) mass is 284 g/mol. The van der Waals surface area contributed by atoms with Crippen LogP contribution >= 0.6 is 0 Å². The average molecular weight is 284 g/mol. The highest BCUT2D eigenvalue weighted by molar-refractivity contribution is 5.75. The standard InChI is InChI=1S/C17H17FN2O/c18-12-5-6-16-15(11-12)13-3-1-2-4-14(13)17(21-16)20-9-7-19-8-10-20/h1-6,11,17,19H,7-10H2. The Morgan fingerprint density at radius 2 is 1.86 bits per heavy atom. The molecule has 1 saturated heterocycles. The third-order valence-electron chi connectivity index (χ3n) is 4.18. The largest absolute Gasteiger partial charge is 0.470 e. The van der Waals surface area contributed by atoms with Gasteiger partial charge in [0.05, 0.1) is 0 Å². The Morgan fingerprint density at radius 3 is 2.71 bits per heavy atom. The number of ether oxygens (including phenoxy) is 1. The van der Waals surface area contributed by atoms with Crippen LogP contribution in [0.4, 0.5) is 4.39 Å². The van der Waals surface area contributed by atoms with Gasteiger partial charge in [0.2, 0.25) is 0 Å². The molecule has 21 heavy (non-hydrogen) atoms. The number of hydrogen-bond donors (Lipinski definition) is 1. The van der Waals surface area contributed by atoms with E-state index in [1.807, 2.05) is 18.2 Å². The molecule has 3 nitrogen and oxygen atoms in total. The van der Waals surface area contributed by atoms with E-state index in [0.717, 1.165) is 48.6 Å². The van der Waals surface area contributed by atoms with E-state index in [2.05, 4.69) is 16.3 Å². The maximum absolute atomic E-state index is 13.6. The van der Waals surface area contributed by atoms with Crippen molar-refractivity contribution >= 4 is 0 Å². The van der Waals surface area contributed by atoms with Crippen LogP contribution in [0.15, 0.2) is 42.5 Å². The third kappa shape index (κ3) is 2.20. The lowest BCUT2D eigenvalue weighted by Gasteiger charge is -2.38. The zero-order chi connectivity index (χ0) is 14.2. The van der Waals surface area contributed by atoms with Crippen molar-refractivity contribution in [2.24, 2.45) is 0 Å². The summed E-state index contributed by atoms with van der Waals surface area (Å²) < 4.78 is 19.8. The molecule has 1 fully saturated rings. The Kier molecular flexibility index (Phi) is 3.13. The zero-order valence-electron chi connectivity index (χ0n) is 11.7. The summed E-state index contributed by atoms with van der Waals surface area (Å²) in [6.45, 7) is 3.85. The van der Waals surface area contributed by atoms with Gasteiger partial charge in [0.1, 0.15) is 11.6 Å². The molecule has 0 saturated carbocycles. The summed E-state index contributed by atoms with van der Waals surface area (Å²) >= 11 is 0. The van der Waals surface area contributed by atoms with Crippen LogP contribution in [-0.2, 0) is 0 Å². The molecule has 4 rings (SSSR count). The van der Waals surface area contributed by atoms with E-state index >= 15 is 0 Å². The van der Waals surface area contributed by atoms with E-state index in [-0.39, 0.29) is 12.0 Å². The lowest BCUT2D eigenvalue weighted by Crippen LogP contribution is -2.47. The molecule has 2 aromatic rings. The highest BCUT2D eigenvalue weighted by Gasteiger charge is 2.31. The maximum atomic E-state index is 13.6. The number of nitrogens with zero attached hydrogens (tertiary/aromatic N) is 1. The molecule has 1 unspecified atom stereocenters. The minimum absolute atomic E-state index is 0.0822. The first-order valence-corrected chi connectivity index (χ1v) is 7.33. The highest BCUT2D eigenvalue weighted by Crippen LogP contribution is 2.43. The Balaban J connectivity index is 1.81. The molecule has 4 heteroatoms. The second-order valence-electron chi connectivity index (χ2n) is 5.48. The van der Waals surface area contributed by atoms with Crippen molar-refractivity contribution in [2.45, 2.75) is 6.23 Å². The van der Waals surface area contributed by atoms with Crippen molar-refractivity contribution in [1.82, 2.24) is 10.2 Å². The molecule has 1 atom stereocenters. The van der Waals surface area contributed by atoms with E-state index in [1.54, 1.807) is 12.1 Å². The van der Waals surface area contributed by atoms with Crippen molar-refractivity contribution < 1.29 is 9.13 Å². The van der Waals surface area contributed by atoms with Gasteiger partial charge < -0.3 is 10.1 Å². The van der Waals surface area contributed by atoms with E-state index in [1.165, 1.54) is 6.07 Å². The van der Waals surface area contributed by atoms with Gasteiger partial charge in [-0.15, -0.1) is 0 Å². The maximum Gasteiger partial charge on any atom is 0.179 e. The molecular weight excluding hydrogens is 267 g/mol. The van der Waals surface area contributed by atoms with Crippen LogP contribution in [0, 0.1) is 5.82 Å². The summed E-state index contributed by atoms with van der Waals surface area (Å²) in [6.07, 6.45) is -0.0822. The number of rotatable bonds is 1. The highest BCUT2D eigenvalue weighted by atomic mass is 19.1. The molecule has 0 aromatic heterocycles. The molecule has 0 aliphatic carbocycles. The van der Waals surface area contributed by atoms with Crippen LogP contribution in [0.2, 0.25) is 0 Å². The predicted molar refractivity (Wildman–Crippen MR) is 79.6 cm³/mol. The predicted octanol–water partition coefficient (Wildman–Crippen LogP) is 2.79. The fourth-order valence-electron chi connectivity index (χ4n) is 3.14. The van der Waals surface area contributed by atoms with Crippen LogP contribution in [0.5, 0.6) is 5.75 Å². The van der Waals surface area contributed by atoms with Crippen LogP contribution in [0.1, 0.15) is 11.8 Å². The molecule has 2 heterocycles. The summed E-state index contributed by atoms with van der Waals surface area (Å²) in [5, 5.41) is 3.36. The van der Waals surface area contributed by atoms with Gasteiger partial charge in [0.15, 0.2) is 6.23 Å². The topological polar surface area (TPSA) is 24.5 Å². The average Bonchev–Trinajstić information content (AvgIpc) is 2.55. The molecule has 0 bridgehead atoms. The molecule has 2 aliphatic rings. The normalized spacial score (nSPS) is 21.3. The van der Waals surface area contributed by atoms with Crippen LogP contribution in [0.3, 0.4) is 0 Å². The molecule has 0 spiro atoms. The van der Waals surface area contributed by atoms with Gasteiger partial charge in [0.25, 0.3) is 0 Å². The zero-order valence-corrected chi connectivity index (χ0v) is 11.7. The first kappa shape index (κ1) is 12.8. The SMILES string of the molecule is Fc1ccc2c(c1)-c1ccccc1C(N1CCNCC1)O2. The number of nitrogens with one attached hydrogen (secondary N) is 1. The number of halogens is 1. The minimum atomic E-state index is -0.229. The van der Waals surface area contributed by atoms with Gasteiger partial charge in [-0.2, -0.15) is 0 Å². The Hall–Kier alpha value is -1.91. The van der Waals surface area contributed by atoms with Gasteiger partial charge in [0, 0.05) is 37.3 Å². The minimum Gasteiger partial charge on any atom is -0.470 e. The molecular formula is C17H17FN2O. The third-order valence-corrected chi connectivity index (χ3v) is 4.18. The Bertz CT molecular complexity index is 668. The summed E-state index contributed by atoms with van der Waals surface area (Å²) in [5.41, 5.74) is 3.04. The Labute approximate surface area is 123 Å². The van der Waals surface area contributed by atoms with Crippen molar-refractivity contribution in [2.75, 3.05) is 26.2 Å². The smallest absolute Gasteiger partial charge is 0.179 e. The fraction of sp³-hybridized carbons (Fsp3) is 0.294. The van der Waals surface area contributed by atoms with Crippen molar-refractivity contribution in [3.63, 3.8) is 0 Å². The fourth-order valence-corrected chi connectivity index (χ4v) is 3.14. The van der Waals surface area contributed by atoms with Gasteiger partial charge >= 0.3 is 0 Å². The Morgan fingerprint density at radius 1 is 1.05 bits per heavy atom. The first-order chi connectivity index (χ1) is 10.3. The van der Waals surface area contributed by atoms with Crippen LogP contribution in [0.25, 0.3) is 11.1 Å². The van der Waals surface area contributed by atoms with Gasteiger partial charge in [-0.25, -0.2) is 4.39 Å². The van der Waals surface area contributed by atoms with Gasteiger partial charge in [-0.3, -0.25) is 4.90 Å². The van der Waals surface area contributed by atoms with E-state index in [9.17, 15) is 4.39 Å².